The van der Waals surface area contributed by atoms with E-state index in [2.05, 4.69) is 0 Å². The van der Waals surface area contributed by atoms with Crippen LogP contribution >= 0.6 is 0 Å². The van der Waals surface area contributed by atoms with Crippen molar-refractivity contribution in [3.63, 3.8) is 0 Å². The van der Waals surface area contributed by atoms with E-state index in [9.17, 15) is 14.4 Å². The van der Waals surface area contributed by atoms with Crippen LogP contribution in [0.3, 0.4) is 0 Å². The van der Waals surface area contributed by atoms with E-state index in [1.807, 2.05) is 24.3 Å². The lowest BCUT2D eigenvalue weighted by atomic mass is 9.80. The van der Waals surface area contributed by atoms with Crippen LogP contribution in [-0.4, -0.2) is 24.1 Å². The molecule has 0 amide bonds. The summed E-state index contributed by atoms with van der Waals surface area (Å²) in [6.07, 6.45) is 0.984. The van der Waals surface area contributed by atoms with Gasteiger partial charge in [-0.1, -0.05) is 24.3 Å². The second-order valence-corrected chi connectivity index (χ2v) is 5.44. The molecule has 2 atom stereocenters. The summed E-state index contributed by atoms with van der Waals surface area (Å²) in [6, 6.07) is 7.47. The van der Waals surface area contributed by atoms with Crippen molar-refractivity contribution in [3.8, 4) is 0 Å². The minimum Gasteiger partial charge on any atom is -0.465 e. The first-order chi connectivity index (χ1) is 9.60. The average Bonchev–Trinajstić information content (AvgIpc) is 2.60. The number of aryl methyl sites for hydroxylation is 1. The van der Waals surface area contributed by atoms with Gasteiger partial charge in [0.15, 0.2) is 5.78 Å². The van der Waals surface area contributed by atoms with Crippen LogP contribution in [0.5, 0.6) is 0 Å². The van der Waals surface area contributed by atoms with E-state index in [-0.39, 0.29) is 24.6 Å². The quantitative estimate of drug-likeness (QED) is 0.608. The van der Waals surface area contributed by atoms with Gasteiger partial charge in [0.25, 0.3) is 0 Å². The zero-order valence-electron chi connectivity index (χ0n) is 11.3. The van der Waals surface area contributed by atoms with E-state index < -0.39 is 17.3 Å². The minimum absolute atomic E-state index is 0.0103. The summed E-state index contributed by atoms with van der Waals surface area (Å²) < 4.78 is 5.06. The van der Waals surface area contributed by atoms with Gasteiger partial charge in [-0.05, 0) is 30.9 Å². The molecule has 0 aromatic heterocycles. The lowest BCUT2D eigenvalue weighted by Crippen LogP contribution is -2.37. The van der Waals surface area contributed by atoms with Gasteiger partial charge in [0.1, 0.15) is 17.1 Å². The molecular formula is C16H16O4. The van der Waals surface area contributed by atoms with Gasteiger partial charge in [0.2, 0.25) is 0 Å². The number of ketones is 2. The number of ether oxygens (including phenoxy) is 1. The third-order valence-electron chi connectivity index (χ3n) is 4.39. The highest BCUT2D eigenvalue weighted by molar-refractivity contribution is 6.24. The number of Topliss-reactive ketones (excluding diaryl/α,β-unsaturated/α-hetero) is 2. The molecule has 0 unspecified atom stereocenters. The number of fused-ring (bicyclic) bond motifs is 4. The lowest BCUT2D eigenvalue weighted by molar-refractivity contribution is -0.159. The van der Waals surface area contributed by atoms with E-state index in [0.717, 1.165) is 11.1 Å². The number of benzene rings is 1. The van der Waals surface area contributed by atoms with Gasteiger partial charge in [-0.15, -0.1) is 0 Å². The number of rotatable bonds is 2. The zero-order valence-corrected chi connectivity index (χ0v) is 11.3. The first kappa shape index (κ1) is 13.0. The van der Waals surface area contributed by atoms with Crippen LogP contribution in [0, 0.1) is 5.41 Å². The molecule has 3 rings (SSSR count). The van der Waals surface area contributed by atoms with Crippen molar-refractivity contribution in [1.29, 1.82) is 0 Å². The molecule has 2 aliphatic carbocycles. The molecule has 0 heterocycles. The van der Waals surface area contributed by atoms with Crippen LogP contribution in [0.15, 0.2) is 24.3 Å². The molecule has 1 aromatic carbocycles. The average molecular weight is 272 g/mol. The van der Waals surface area contributed by atoms with Gasteiger partial charge in [-0.3, -0.25) is 14.4 Å². The van der Waals surface area contributed by atoms with Gasteiger partial charge in [0, 0.05) is 6.42 Å². The monoisotopic (exact) mass is 272 g/mol. The molecule has 2 aliphatic rings. The van der Waals surface area contributed by atoms with Gasteiger partial charge in [0.05, 0.1) is 6.61 Å². The number of carbonyl (C=O) groups excluding carboxylic acids is 3. The molecule has 1 aromatic rings. The molecule has 104 valence electrons. The summed E-state index contributed by atoms with van der Waals surface area (Å²) in [4.78, 5) is 37.2. The van der Waals surface area contributed by atoms with E-state index in [0.29, 0.717) is 12.8 Å². The van der Waals surface area contributed by atoms with Crippen LogP contribution in [-0.2, 0) is 25.5 Å². The molecule has 0 aliphatic heterocycles. The third-order valence-corrected chi connectivity index (χ3v) is 4.39. The molecule has 1 fully saturated rings. The SMILES string of the molecule is CCOC(=O)[C@@]12CCc3ccccc3[C@@H](C(=O)C1)C2=O. The topological polar surface area (TPSA) is 60.4 Å². The van der Waals surface area contributed by atoms with Gasteiger partial charge < -0.3 is 4.74 Å². The Labute approximate surface area is 117 Å². The van der Waals surface area contributed by atoms with E-state index in [4.69, 9.17) is 4.74 Å². The predicted molar refractivity (Wildman–Crippen MR) is 71.2 cm³/mol. The Kier molecular flexibility index (Phi) is 2.96. The smallest absolute Gasteiger partial charge is 0.320 e. The van der Waals surface area contributed by atoms with Crippen molar-refractivity contribution >= 4 is 17.5 Å². The molecule has 4 nitrogen and oxygen atoms in total. The Morgan fingerprint density at radius 3 is 2.85 bits per heavy atom. The Bertz CT molecular complexity index is 604. The molecule has 1 saturated carbocycles. The third kappa shape index (κ3) is 1.64. The van der Waals surface area contributed by atoms with Crippen LogP contribution < -0.4 is 0 Å². The van der Waals surface area contributed by atoms with Crippen molar-refractivity contribution in [1.82, 2.24) is 0 Å². The number of esters is 1. The molecule has 4 heteroatoms. The molecule has 0 spiro atoms. The molecule has 20 heavy (non-hydrogen) atoms. The summed E-state index contributed by atoms with van der Waals surface area (Å²) in [5.41, 5.74) is 0.507. The number of carbonyl (C=O) groups is 3. The minimum atomic E-state index is -1.25. The summed E-state index contributed by atoms with van der Waals surface area (Å²) in [5.74, 6) is -1.74. The first-order valence-electron chi connectivity index (χ1n) is 6.92. The maximum atomic E-state index is 12.7. The second kappa shape index (κ2) is 4.54. The van der Waals surface area contributed by atoms with E-state index in [1.165, 1.54) is 0 Å². The molecule has 0 N–H and O–H groups in total. The fourth-order valence-corrected chi connectivity index (χ4v) is 3.37. The predicted octanol–water partition coefficient (Wildman–Crippen LogP) is 1.81. The molecule has 0 saturated heterocycles. The summed E-state index contributed by atoms with van der Waals surface area (Å²) >= 11 is 0. The largest absolute Gasteiger partial charge is 0.465 e. The van der Waals surface area contributed by atoms with Gasteiger partial charge in [-0.25, -0.2) is 0 Å². The summed E-state index contributed by atoms with van der Waals surface area (Å²) in [7, 11) is 0. The molecule has 0 radical (unpaired) electrons. The highest BCUT2D eigenvalue weighted by Crippen LogP contribution is 2.48. The van der Waals surface area contributed by atoms with Gasteiger partial charge in [-0.2, -0.15) is 0 Å². The van der Waals surface area contributed by atoms with Crippen molar-refractivity contribution in [3.05, 3.63) is 35.4 Å². The van der Waals surface area contributed by atoms with Crippen LogP contribution in [0.4, 0.5) is 0 Å². The van der Waals surface area contributed by atoms with Crippen molar-refractivity contribution < 1.29 is 19.1 Å². The highest BCUT2D eigenvalue weighted by atomic mass is 16.5. The summed E-state index contributed by atoms with van der Waals surface area (Å²) in [6.45, 7) is 1.93. The van der Waals surface area contributed by atoms with Crippen molar-refractivity contribution in [2.75, 3.05) is 6.61 Å². The Morgan fingerprint density at radius 1 is 1.35 bits per heavy atom. The normalized spacial score (nSPS) is 27.9. The Hall–Kier alpha value is -1.97. The Morgan fingerprint density at radius 2 is 2.10 bits per heavy atom. The number of hydrogen-bond donors (Lipinski definition) is 0. The van der Waals surface area contributed by atoms with Gasteiger partial charge >= 0.3 is 5.97 Å². The zero-order chi connectivity index (χ0) is 14.3. The van der Waals surface area contributed by atoms with Crippen LogP contribution in [0.2, 0.25) is 0 Å². The number of hydrogen-bond acceptors (Lipinski definition) is 4. The lowest BCUT2D eigenvalue weighted by Gasteiger charge is -2.23. The maximum Gasteiger partial charge on any atom is 0.320 e. The maximum absolute atomic E-state index is 12.7. The second-order valence-electron chi connectivity index (χ2n) is 5.44. The van der Waals surface area contributed by atoms with Crippen molar-refractivity contribution in [2.45, 2.75) is 32.1 Å². The Balaban J connectivity index is 2.10. The van der Waals surface area contributed by atoms with Crippen LogP contribution in [0.1, 0.15) is 36.8 Å². The molecular weight excluding hydrogens is 256 g/mol. The highest BCUT2D eigenvalue weighted by Gasteiger charge is 2.60. The fraction of sp³-hybridized carbons (Fsp3) is 0.438. The molecule has 2 bridgehead atoms. The van der Waals surface area contributed by atoms with E-state index in [1.54, 1.807) is 6.92 Å². The van der Waals surface area contributed by atoms with E-state index >= 15 is 0 Å². The summed E-state index contributed by atoms with van der Waals surface area (Å²) in [5, 5.41) is 0. The standard InChI is InChI=1S/C16H16O4/c1-2-20-15(19)16-8-7-10-5-3-4-6-11(10)13(14(16)18)12(17)9-16/h3-6,13H,2,7-9H2,1H3/t13-,16-/m0/s1. The first-order valence-corrected chi connectivity index (χ1v) is 6.92. The van der Waals surface area contributed by atoms with Crippen LogP contribution in [0.25, 0.3) is 0 Å². The fourth-order valence-electron chi connectivity index (χ4n) is 3.37. The van der Waals surface area contributed by atoms with Crippen molar-refractivity contribution in [2.24, 2.45) is 5.41 Å².